The Balaban J connectivity index is 1.63. The fourth-order valence-corrected chi connectivity index (χ4v) is 2.57. The minimum Gasteiger partial charge on any atom is -0.329 e. The Kier molecular flexibility index (Phi) is 3.88. The number of benzene rings is 1. The lowest BCUT2D eigenvalue weighted by Crippen LogP contribution is -2.33. The summed E-state index contributed by atoms with van der Waals surface area (Å²) in [4.78, 5) is 44.8. The van der Waals surface area contributed by atoms with Crippen LogP contribution in [0.15, 0.2) is 53.7 Å². The van der Waals surface area contributed by atoms with Gasteiger partial charge in [0.15, 0.2) is 0 Å². The molecule has 1 aromatic carbocycles. The number of carbonyl (C=O) groups excluding carboxylic acids is 3. The van der Waals surface area contributed by atoms with Crippen LogP contribution in [0.3, 0.4) is 0 Å². The zero-order valence-corrected chi connectivity index (χ0v) is 12.1. The number of imide groups is 1. The van der Waals surface area contributed by atoms with Crippen LogP contribution in [0.1, 0.15) is 20.7 Å². The molecular weight excluding hydrogens is 304 g/mol. The van der Waals surface area contributed by atoms with Gasteiger partial charge < -0.3 is 4.84 Å². The van der Waals surface area contributed by atoms with Gasteiger partial charge in [0.05, 0.1) is 16.2 Å². The van der Waals surface area contributed by atoms with Gasteiger partial charge in [-0.3, -0.25) is 9.59 Å². The topological polar surface area (TPSA) is 76.6 Å². The van der Waals surface area contributed by atoms with E-state index in [4.69, 9.17) is 4.84 Å². The number of carbonyl (C=O) groups is 3. The molecular formula is C15H10N2O4S. The zero-order chi connectivity index (χ0) is 15.5. The molecule has 2 aromatic rings. The van der Waals surface area contributed by atoms with Gasteiger partial charge in [0.25, 0.3) is 11.8 Å². The first-order valence-electron chi connectivity index (χ1n) is 6.39. The van der Waals surface area contributed by atoms with E-state index in [1.54, 1.807) is 36.5 Å². The first-order chi connectivity index (χ1) is 10.7. The molecule has 0 N–H and O–H groups in total. The number of nitrogens with zero attached hydrogens (tertiary/aromatic N) is 2. The summed E-state index contributed by atoms with van der Waals surface area (Å²) >= 11 is 1.16. The summed E-state index contributed by atoms with van der Waals surface area (Å²) in [6.45, 7) is 0. The van der Waals surface area contributed by atoms with Crippen molar-refractivity contribution in [2.45, 2.75) is 5.03 Å². The van der Waals surface area contributed by atoms with Crippen molar-refractivity contribution >= 4 is 29.5 Å². The Hall–Kier alpha value is -2.67. The van der Waals surface area contributed by atoms with Gasteiger partial charge >= 0.3 is 5.97 Å². The number of hydroxylamine groups is 2. The van der Waals surface area contributed by atoms with E-state index in [9.17, 15) is 14.4 Å². The van der Waals surface area contributed by atoms with E-state index in [2.05, 4.69) is 4.98 Å². The molecule has 0 saturated heterocycles. The molecule has 0 unspecified atom stereocenters. The highest BCUT2D eigenvalue weighted by atomic mass is 32.2. The van der Waals surface area contributed by atoms with Gasteiger partial charge in [-0.05, 0) is 24.3 Å². The molecule has 22 heavy (non-hydrogen) atoms. The van der Waals surface area contributed by atoms with E-state index in [1.165, 1.54) is 12.1 Å². The summed E-state index contributed by atoms with van der Waals surface area (Å²) in [6, 6.07) is 11.6. The van der Waals surface area contributed by atoms with E-state index in [0.29, 0.717) is 10.1 Å². The second kappa shape index (κ2) is 5.98. The van der Waals surface area contributed by atoms with Crippen LogP contribution in [-0.4, -0.2) is 33.6 Å². The first kappa shape index (κ1) is 14.3. The number of hydrogen-bond donors (Lipinski definition) is 0. The van der Waals surface area contributed by atoms with Crippen LogP contribution in [0.25, 0.3) is 0 Å². The average Bonchev–Trinajstić information content (AvgIpc) is 2.79. The van der Waals surface area contributed by atoms with Crippen LogP contribution < -0.4 is 0 Å². The van der Waals surface area contributed by atoms with Crippen LogP contribution in [0.5, 0.6) is 0 Å². The molecule has 7 heteroatoms. The summed E-state index contributed by atoms with van der Waals surface area (Å²) in [5.74, 6) is -2.00. The molecule has 0 aliphatic carbocycles. The summed E-state index contributed by atoms with van der Waals surface area (Å²) < 4.78 is 0. The smallest absolute Gasteiger partial charge is 0.329 e. The Morgan fingerprint density at radius 3 is 2.27 bits per heavy atom. The second-order valence-corrected chi connectivity index (χ2v) is 5.37. The Bertz CT molecular complexity index is 713. The fraction of sp³-hybridized carbons (Fsp3) is 0.0667. The van der Waals surface area contributed by atoms with Gasteiger partial charge in [0.2, 0.25) is 0 Å². The van der Waals surface area contributed by atoms with Crippen molar-refractivity contribution in [2.75, 3.05) is 5.75 Å². The van der Waals surface area contributed by atoms with Gasteiger partial charge in [-0.2, -0.15) is 0 Å². The van der Waals surface area contributed by atoms with Crippen molar-refractivity contribution < 1.29 is 19.2 Å². The summed E-state index contributed by atoms with van der Waals surface area (Å²) in [7, 11) is 0. The van der Waals surface area contributed by atoms with E-state index in [-0.39, 0.29) is 16.9 Å². The molecule has 0 fully saturated rings. The van der Waals surface area contributed by atoms with Gasteiger partial charge in [-0.15, -0.1) is 0 Å². The maximum Gasteiger partial charge on any atom is 0.343 e. The van der Waals surface area contributed by atoms with E-state index in [1.807, 2.05) is 0 Å². The number of pyridine rings is 1. The van der Waals surface area contributed by atoms with Crippen molar-refractivity contribution in [3.8, 4) is 0 Å². The van der Waals surface area contributed by atoms with Crippen molar-refractivity contribution in [2.24, 2.45) is 0 Å². The molecule has 3 rings (SSSR count). The van der Waals surface area contributed by atoms with Crippen molar-refractivity contribution in [3.05, 3.63) is 59.8 Å². The Morgan fingerprint density at radius 2 is 1.68 bits per heavy atom. The molecule has 0 atom stereocenters. The van der Waals surface area contributed by atoms with Crippen LogP contribution in [0.4, 0.5) is 0 Å². The molecule has 0 spiro atoms. The molecule has 0 bridgehead atoms. The van der Waals surface area contributed by atoms with Crippen LogP contribution in [-0.2, 0) is 9.63 Å². The average molecular weight is 314 g/mol. The lowest BCUT2D eigenvalue weighted by molar-refractivity contribution is -0.165. The van der Waals surface area contributed by atoms with Crippen LogP contribution >= 0.6 is 11.8 Å². The van der Waals surface area contributed by atoms with Crippen molar-refractivity contribution in [1.29, 1.82) is 0 Å². The standard InChI is InChI=1S/C15H10N2O4S/c18-13(9-22-12-7-3-4-8-16-12)21-17-14(19)10-5-1-2-6-11(10)15(17)20/h1-8H,9H2. The molecule has 2 amide bonds. The minimum absolute atomic E-state index is 0.0512. The minimum atomic E-state index is -0.690. The maximum atomic E-state index is 12.0. The highest BCUT2D eigenvalue weighted by Crippen LogP contribution is 2.23. The van der Waals surface area contributed by atoms with Gasteiger partial charge in [0.1, 0.15) is 5.75 Å². The van der Waals surface area contributed by atoms with Gasteiger partial charge in [0, 0.05) is 6.20 Å². The van der Waals surface area contributed by atoms with Crippen molar-refractivity contribution in [1.82, 2.24) is 10.0 Å². The third kappa shape index (κ3) is 2.71. The molecule has 1 aliphatic heterocycles. The first-order valence-corrected chi connectivity index (χ1v) is 7.38. The van der Waals surface area contributed by atoms with Crippen LogP contribution in [0, 0.1) is 0 Å². The molecule has 2 heterocycles. The van der Waals surface area contributed by atoms with Gasteiger partial charge in [-0.1, -0.05) is 35.0 Å². The predicted molar refractivity (Wildman–Crippen MR) is 78.0 cm³/mol. The highest BCUT2D eigenvalue weighted by Gasteiger charge is 2.38. The number of fused-ring (bicyclic) bond motifs is 1. The summed E-state index contributed by atoms with van der Waals surface area (Å²) in [6.07, 6.45) is 1.61. The van der Waals surface area contributed by atoms with E-state index >= 15 is 0 Å². The number of aromatic nitrogens is 1. The monoisotopic (exact) mass is 314 g/mol. The second-order valence-electron chi connectivity index (χ2n) is 4.37. The van der Waals surface area contributed by atoms with E-state index in [0.717, 1.165) is 11.8 Å². The Labute approximate surface area is 130 Å². The molecule has 0 saturated carbocycles. The summed E-state index contributed by atoms with van der Waals surface area (Å²) in [5.41, 5.74) is 0.468. The predicted octanol–water partition coefficient (Wildman–Crippen LogP) is 1.93. The van der Waals surface area contributed by atoms with Crippen LogP contribution in [0.2, 0.25) is 0 Å². The third-order valence-electron chi connectivity index (χ3n) is 2.93. The molecule has 0 radical (unpaired) electrons. The Morgan fingerprint density at radius 1 is 1.05 bits per heavy atom. The molecule has 1 aliphatic rings. The van der Waals surface area contributed by atoms with E-state index < -0.39 is 17.8 Å². The number of thioether (sulfide) groups is 1. The molecule has 6 nitrogen and oxygen atoms in total. The zero-order valence-electron chi connectivity index (χ0n) is 11.3. The normalized spacial score (nSPS) is 13.2. The number of hydrogen-bond acceptors (Lipinski definition) is 6. The number of rotatable bonds is 4. The molecule has 110 valence electrons. The quantitative estimate of drug-likeness (QED) is 0.634. The lowest BCUT2D eigenvalue weighted by Gasteiger charge is -2.12. The highest BCUT2D eigenvalue weighted by molar-refractivity contribution is 7.99. The van der Waals surface area contributed by atoms with Gasteiger partial charge in [-0.25, -0.2) is 9.78 Å². The SMILES string of the molecule is O=C(CSc1ccccn1)ON1C(=O)c2ccccc2C1=O. The number of amides is 2. The summed E-state index contributed by atoms with van der Waals surface area (Å²) in [5, 5.41) is 1.16. The fourth-order valence-electron chi connectivity index (χ4n) is 1.94. The maximum absolute atomic E-state index is 12.0. The molecule has 1 aromatic heterocycles. The van der Waals surface area contributed by atoms with Crippen molar-refractivity contribution in [3.63, 3.8) is 0 Å². The largest absolute Gasteiger partial charge is 0.343 e. The third-order valence-corrected chi connectivity index (χ3v) is 3.84. The lowest BCUT2D eigenvalue weighted by atomic mass is 10.1.